The SMILES string of the molecule is CSc1ccc2c(c1)C1(CCN(C)C1)SC2c1ccccc1. The van der Waals surface area contributed by atoms with Gasteiger partial charge < -0.3 is 4.90 Å². The van der Waals surface area contributed by atoms with Crippen LogP contribution in [0.2, 0.25) is 0 Å². The summed E-state index contributed by atoms with van der Waals surface area (Å²) in [5, 5.41) is 0.485. The lowest BCUT2D eigenvalue weighted by atomic mass is 9.90. The van der Waals surface area contributed by atoms with Crippen molar-refractivity contribution in [3.63, 3.8) is 0 Å². The predicted molar refractivity (Wildman–Crippen MR) is 97.9 cm³/mol. The largest absolute Gasteiger partial charge is 0.305 e. The van der Waals surface area contributed by atoms with Crippen LogP contribution >= 0.6 is 23.5 Å². The molecular formula is C19H21NS2. The summed E-state index contributed by atoms with van der Waals surface area (Å²) in [5.74, 6) is 0. The second-order valence-corrected chi connectivity index (χ2v) is 8.71. The highest BCUT2D eigenvalue weighted by molar-refractivity contribution is 8.01. The molecule has 1 spiro atoms. The van der Waals surface area contributed by atoms with E-state index >= 15 is 0 Å². The summed E-state index contributed by atoms with van der Waals surface area (Å²) in [6.45, 7) is 2.38. The molecule has 1 nitrogen and oxygen atoms in total. The summed E-state index contributed by atoms with van der Waals surface area (Å²) in [5.41, 5.74) is 4.56. The molecule has 2 heterocycles. The van der Waals surface area contributed by atoms with Crippen LogP contribution in [0.15, 0.2) is 53.4 Å². The number of benzene rings is 2. The molecular weight excluding hydrogens is 306 g/mol. The van der Waals surface area contributed by atoms with Crippen molar-refractivity contribution >= 4 is 23.5 Å². The van der Waals surface area contributed by atoms with Crippen molar-refractivity contribution in [2.75, 3.05) is 26.4 Å². The molecule has 0 N–H and O–H groups in total. The van der Waals surface area contributed by atoms with E-state index in [4.69, 9.17) is 0 Å². The molecule has 0 bridgehead atoms. The molecule has 1 fully saturated rings. The van der Waals surface area contributed by atoms with E-state index in [2.05, 4.69) is 78.5 Å². The summed E-state index contributed by atoms with van der Waals surface area (Å²) < 4.78 is 0.288. The Morgan fingerprint density at radius 1 is 1.18 bits per heavy atom. The molecule has 0 aromatic heterocycles. The standard InChI is InChI=1S/C19H21NS2/c1-20-11-10-19(13-20)17-12-15(21-2)8-9-16(17)18(22-19)14-6-4-3-5-7-14/h3-9,12,18H,10-11,13H2,1-2H3. The predicted octanol–water partition coefficient (Wildman–Crippen LogP) is 4.78. The van der Waals surface area contributed by atoms with Crippen LogP contribution in [0.1, 0.15) is 28.4 Å². The molecule has 0 saturated carbocycles. The number of rotatable bonds is 2. The van der Waals surface area contributed by atoms with E-state index in [-0.39, 0.29) is 4.75 Å². The van der Waals surface area contributed by atoms with Crippen LogP contribution in [0, 0.1) is 0 Å². The van der Waals surface area contributed by atoms with Crippen LogP contribution in [-0.2, 0) is 4.75 Å². The molecule has 0 radical (unpaired) electrons. The van der Waals surface area contributed by atoms with Gasteiger partial charge in [-0.15, -0.1) is 23.5 Å². The normalized spacial score (nSPS) is 27.5. The maximum atomic E-state index is 2.48. The Morgan fingerprint density at radius 3 is 2.68 bits per heavy atom. The molecule has 2 aromatic rings. The zero-order valence-electron chi connectivity index (χ0n) is 13.1. The van der Waals surface area contributed by atoms with Crippen molar-refractivity contribution < 1.29 is 0 Å². The van der Waals surface area contributed by atoms with Crippen molar-refractivity contribution in [1.29, 1.82) is 0 Å². The molecule has 0 amide bonds. The van der Waals surface area contributed by atoms with Gasteiger partial charge in [-0.25, -0.2) is 0 Å². The zero-order valence-corrected chi connectivity index (χ0v) is 14.7. The quantitative estimate of drug-likeness (QED) is 0.731. The van der Waals surface area contributed by atoms with Gasteiger partial charge in [-0.3, -0.25) is 0 Å². The number of thioether (sulfide) groups is 2. The maximum absolute atomic E-state index is 2.48. The van der Waals surface area contributed by atoms with E-state index < -0.39 is 0 Å². The van der Waals surface area contributed by atoms with Crippen molar-refractivity contribution in [1.82, 2.24) is 4.90 Å². The van der Waals surface area contributed by atoms with E-state index in [0.717, 1.165) is 0 Å². The average Bonchev–Trinajstić information content (AvgIpc) is 3.09. The summed E-state index contributed by atoms with van der Waals surface area (Å²) >= 11 is 4.03. The minimum Gasteiger partial charge on any atom is -0.305 e. The van der Waals surface area contributed by atoms with Gasteiger partial charge >= 0.3 is 0 Å². The molecule has 2 aliphatic rings. The van der Waals surface area contributed by atoms with Crippen LogP contribution < -0.4 is 0 Å². The zero-order chi connectivity index (χ0) is 15.2. The minimum atomic E-state index is 0.288. The van der Waals surface area contributed by atoms with Crippen molar-refractivity contribution in [3.05, 3.63) is 65.2 Å². The van der Waals surface area contributed by atoms with Gasteiger partial charge in [-0.05, 0) is 55.1 Å². The number of nitrogens with zero attached hydrogens (tertiary/aromatic N) is 1. The van der Waals surface area contributed by atoms with Gasteiger partial charge in [0.1, 0.15) is 0 Å². The smallest absolute Gasteiger partial charge is 0.0560 e. The highest BCUT2D eigenvalue weighted by Gasteiger charge is 2.48. The Kier molecular flexibility index (Phi) is 3.75. The lowest BCUT2D eigenvalue weighted by molar-refractivity contribution is 0.406. The highest BCUT2D eigenvalue weighted by atomic mass is 32.2. The van der Waals surface area contributed by atoms with E-state index in [9.17, 15) is 0 Å². The molecule has 2 aromatic carbocycles. The number of hydrogen-bond donors (Lipinski definition) is 0. The van der Waals surface area contributed by atoms with E-state index in [1.165, 1.54) is 35.5 Å². The van der Waals surface area contributed by atoms with Crippen molar-refractivity contribution in [2.45, 2.75) is 21.3 Å². The van der Waals surface area contributed by atoms with Gasteiger partial charge in [-0.1, -0.05) is 36.4 Å². The van der Waals surface area contributed by atoms with Crippen LogP contribution in [0.25, 0.3) is 0 Å². The van der Waals surface area contributed by atoms with Crippen molar-refractivity contribution in [3.8, 4) is 0 Å². The third-order valence-electron chi connectivity index (χ3n) is 4.90. The van der Waals surface area contributed by atoms with Crippen LogP contribution in [0.3, 0.4) is 0 Å². The Hall–Kier alpha value is -0.900. The van der Waals surface area contributed by atoms with Gasteiger partial charge in [0.15, 0.2) is 0 Å². The first-order valence-electron chi connectivity index (χ1n) is 7.82. The number of likely N-dealkylation sites (tertiary alicyclic amines) is 1. The molecule has 4 rings (SSSR count). The van der Waals surface area contributed by atoms with Crippen LogP contribution in [0.4, 0.5) is 0 Å². The molecule has 22 heavy (non-hydrogen) atoms. The van der Waals surface area contributed by atoms with Crippen LogP contribution in [0.5, 0.6) is 0 Å². The van der Waals surface area contributed by atoms with Gasteiger partial charge in [0, 0.05) is 11.4 Å². The first kappa shape index (κ1) is 14.7. The van der Waals surface area contributed by atoms with Gasteiger partial charge in [0.2, 0.25) is 0 Å². The summed E-state index contributed by atoms with van der Waals surface area (Å²) in [7, 11) is 2.25. The number of hydrogen-bond acceptors (Lipinski definition) is 3. The Labute approximate surface area is 141 Å². The first-order chi connectivity index (χ1) is 10.7. The molecule has 2 unspecified atom stereocenters. The maximum Gasteiger partial charge on any atom is 0.0560 e. The third kappa shape index (κ3) is 2.31. The van der Waals surface area contributed by atoms with E-state index in [0.29, 0.717) is 5.25 Å². The van der Waals surface area contributed by atoms with Gasteiger partial charge in [0.05, 0.1) is 10.00 Å². The van der Waals surface area contributed by atoms with Gasteiger partial charge in [-0.2, -0.15) is 0 Å². The number of fused-ring (bicyclic) bond motifs is 2. The Bertz CT molecular complexity index is 685. The lowest BCUT2D eigenvalue weighted by Crippen LogP contribution is -2.24. The third-order valence-corrected chi connectivity index (χ3v) is 7.39. The molecule has 3 heteroatoms. The topological polar surface area (TPSA) is 3.24 Å². The minimum absolute atomic E-state index is 0.288. The average molecular weight is 328 g/mol. The van der Waals surface area contributed by atoms with Gasteiger partial charge in [0.25, 0.3) is 0 Å². The first-order valence-corrected chi connectivity index (χ1v) is 9.92. The molecule has 1 saturated heterocycles. The number of likely N-dealkylation sites (N-methyl/N-ethyl adjacent to an activating group) is 1. The molecule has 114 valence electrons. The second-order valence-electron chi connectivity index (χ2n) is 6.34. The van der Waals surface area contributed by atoms with Crippen molar-refractivity contribution in [2.24, 2.45) is 0 Å². The Morgan fingerprint density at radius 2 is 2.00 bits per heavy atom. The fourth-order valence-electron chi connectivity index (χ4n) is 3.80. The summed E-state index contributed by atoms with van der Waals surface area (Å²) in [6.07, 6.45) is 3.44. The highest BCUT2D eigenvalue weighted by Crippen LogP contribution is 2.60. The molecule has 2 aliphatic heterocycles. The molecule has 2 atom stereocenters. The van der Waals surface area contributed by atoms with Crippen LogP contribution in [-0.4, -0.2) is 31.3 Å². The monoisotopic (exact) mass is 327 g/mol. The lowest BCUT2D eigenvalue weighted by Gasteiger charge is -2.24. The second kappa shape index (κ2) is 5.63. The van der Waals surface area contributed by atoms with E-state index in [1.54, 1.807) is 5.56 Å². The van der Waals surface area contributed by atoms with E-state index in [1.807, 2.05) is 11.8 Å². The molecule has 0 aliphatic carbocycles. The fraction of sp³-hybridized carbons (Fsp3) is 0.368. The summed E-state index contributed by atoms with van der Waals surface area (Å²) in [4.78, 5) is 3.87. The summed E-state index contributed by atoms with van der Waals surface area (Å²) in [6, 6.07) is 18.1. The fourth-order valence-corrected chi connectivity index (χ4v) is 6.12. The Balaban J connectivity index is 1.83.